The van der Waals surface area contributed by atoms with E-state index in [1.54, 1.807) is 36.4 Å². The topological polar surface area (TPSA) is 24.9 Å². The number of anilines is 6. The molecule has 4 nitrogen and oxygen atoms in total. The van der Waals surface area contributed by atoms with Crippen LogP contribution in [0.4, 0.5) is 42.9 Å². The lowest BCUT2D eigenvalue weighted by atomic mass is 9.91. The summed E-state index contributed by atoms with van der Waals surface area (Å²) in [5.41, 5.74) is 5.23. The Morgan fingerprint density at radius 3 is 1.05 bits per heavy atom. The molecule has 0 heterocycles. The third-order valence-electron chi connectivity index (χ3n) is 10.5. The van der Waals surface area contributed by atoms with Gasteiger partial charge in [0, 0.05) is 22.1 Å². The van der Waals surface area contributed by atoms with Gasteiger partial charge in [0.05, 0.1) is 22.7 Å². The van der Waals surface area contributed by atoms with Crippen molar-refractivity contribution >= 4 is 66.4 Å². The lowest BCUT2D eigenvalue weighted by Crippen LogP contribution is -2.12. The molecule has 0 N–H and O–H groups in total. The molecule has 0 spiro atoms. The smallest absolute Gasteiger partial charge is 0.165 e. The Balaban J connectivity index is 1.19. The molecular formula is C52H34F2N2O2. The summed E-state index contributed by atoms with van der Waals surface area (Å²) in [6.07, 6.45) is 0. The predicted octanol–water partition coefficient (Wildman–Crippen LogP) is 15.4. The third-order valence-corrected chi connectivity index (χ3v) is 10.5. The maximum absolute atomic E-state index is 15.0. The van der Waals surface area contributed by atoms with Crippen molar-refractivity contribution in [1.29, 1.82) is 0 Å². The molecule has 0 aliphatic rings. The minimum Gasteiger partial charge on any atom is -0.452 e. The van der Waals surface area contributed by atoms with E-state index in [4.69, 9.17) is 9.47 Å². The average Bonchev–Trinajstić information content (AvgIpc) is 3.27. The molecule has 0 aliphatic heterocycles. The van der Waals surface area contributed by atoms with Crippen molar-refractivity contribution in [2.45, 2.75) is 0 Å². The van der Waals surface area contributed by atoms with Crippen LogP contribution in [-0.2, 0) is 0 Å². The van der Waals surface area contributed by atoms with Gasteiger partial charge in [0.15, 0.2) is 34.6 Å². The third kappa shape index (κ3) is 6.17. The van der Waals surface area contributed by atoms with E-state index in [0.29, 0.717) is 11.5 Å². The Hall–Kier alpha value is -7.70. The van der Waals surface area contributed by atoms with Gasteiger partial charge in [-0.05, 0) is 106 Å². The SMILES string of the molecule is Fc1ccccc1Oc1ccccc1N(c1ccccc1)c1ccc2ccc3c(N(c4ccccc4)c4ccccc4Oc4ccccc4F)ccc4ccc1c2c43. The minimum atomic E-state index is -0.437. The van der Waals surface area contributed by atoms with Gasteiger partial charge < -0.3 is 19.3 Å². The largest absolute Gasteiger partial charge is 0.452 e. The highest BCUT2D eigenvalue weighted by molar-refractivity contribution is 6.28. The molecule has 0 saturated heterocycles. The molecule has 0 unspecified atom stereocenters. The lowest BCUT2D eigenvalue weighted by molar-refractivity contribution is 0.443. The van der Waals surface area contributed by atoms with E-state index in [0.717, 1.165) is 66.4 Å². The summed E-state index contributed by atoms with van der Waals surface area (Å²) < 4.78 is 42.6. The van der Waals surface area contributed by atoms with Crippen LogP contribution in [-0.4, -0.2) is 0 Å². The van der Waals surface area contributed by atoms with Gasteiger partial charge in [0.25, 0.3) is 0 Å². The second-order valence-corrected chi connectivity index (χ2v) is 13.9. The van der Waals surface area contributed by atoms with E-state index >= 15 is 0 Å². The van der Waals surface area contributed by atoms with Gasteiger partial charge in [-0.3, -0.25) is 0 Å². The number of hydrogen-bond donors (Lipinski definition) is 0. The van der Waals surface area contributed by atoms with Crippen LogP contribution in [0.15, 0.2) is 206 Å². The van der Waals surface area contributed by atoms with Crippen LogP contribution in [0, 0.1) is 11.6 Å². The Labute approximate surface area is 334 Å². The number of rotatable bonds is 10. The van der Waals surface area contributed by atoms with Crippen LogP contribution in [0.2, 0.25) is 0 Å². The highest BCUT2D eigenvalue weighted by atomic mass is 19.1. The van der Waals surface area contributed by atoms with Crippen molar-refractivity contribution in [3.8, 4) is 23.0 Å². The van der Waals surface area contributed by atoms with Crippen LogP contribution in [0.5, 0.6) is 23.0 Å². The van der Waals surface area contributed by atoms with Gasteiger partial charge in [-0.2, -0.15) is 0 Å². The van der Waals surface area contributed by atoms with Gasteiger partial charge in [-0.25, -0.2) is 8.78 Å². The van der Waals surface area contributed by atoms with E-state index < -0.39 is 11.6 Å². The Morgan fingerprint density at radius 2 is 0.638 bits per heavy atom. The van der Waals surface area contributed by atoms with E-state index in [-0.39, 0.29) is 11.5 Å². The zero-order valence-electron chi connectivity index (χ0n) is 31.1. The van der Waals surface area contributed by atoms with Crippen molar-refractivity contribution in [2.75, 3.05) is 9.80 Å². The monoisotopic (exact) mass is 756 g/mol. The molecule has 10 rings (SSSR count). The van der Waals surface area contributed by atoms with Gasteiger partial charge >= 0.3 is 0 Å². The highest BCUT2D eigenvalue weighted by Gasteiger charge is 2.25. The first-order chi connectivity index (χ1) is 28.6. The summed E-state index contributed by atoms with van der Waals surface area (Å²) in [5.74, 6) is 0.448. The molecule has 6 heteroatoms. The van der Waals surface area contributed by atoms with Crippen LogP contribution in [0.1, 0.15) is 0 Å². The van der Waals surface area contributed by atoms with E-state index in [1.165, 1.54) is 12.1 Å². The number of nitrogens with zero attached hydrogens (tertiary/aromatic N) is 2. The Bertz CT molecular complexity index is 2860. The van der Waals surface area contributed by atoms with Crippen LogP contribution in [0.3, 0.4) is 0 Å². The summed E-state index contributed by atoms with van der Waals surface area (Å²) in [5, 5.41) is 6.46. The van der Waals surface area contributed by atoms with Gasteiger partial charge in [0.1, 0.15) is 0 Å². The Morgan fingerprint density at radius 1 is 0.293 bits per heavy atom. The predicted molar refractivity (Wildman–Crippen MR) is 232 cm³/mol. The standard InChI is InChI=1S/C52H34F2N2O2/c53-41-19-7-11-23-47(41)57-49-25-13-9-21-45(49)55(37-15-3-1-4-16-37)43-33-29-35-28-32-40-44(34-30-36-27-31-39(43)51(35)52(36)40)56(38-17-5-2-6-18-38)46-22-10-14-26-50(46)58-48-24-12-8-20-42(48)54/h1-34H. The van der Waals surface area contributed by atoms with E-state index in [1.807, 2.05) is 84.9 Å². The van der Waals surface area contributed by atoms with Crippen molar-refractivity contribution in [1.82, 2.24) is 0 Å². The molecule has 0 radical (unpaired) electrons. The second-order valence-electron chi connectivity index (χ2n) is 13.9. The maximum atomic E-state index is 15.0. The summed E-state index contributed by atoms with van der Waals surface area (Å²) >= 11 is 0. The number of para-hydroxylation sites is 8. The quantitative estimate of drug-likeness (QED) is 0.130. The zero-order chi connectivity index (χ0) is 39.0. The fourth-order valence-corrected chi connectivity index (χ4v) is 7.88. The minimum absolute atomic E-state index is 0.148. The first-order valence-corrected chi connectivity index (χ1v) is 19.1. The molecular weight excluding hydrogens is 723 g/mol. The summed E-state index contributed by atoms with van der Waals surface area (Å²) in [4.78, 5) is 4.35. The lowest BCUT2D eigenvalue weighted by Gasteiger charge is -2.30. The number of hydrogen-bond acceptors (Lipinski definition) is 4. The fourth-order valence-electron chi connectivity index (χ4n) is 7.88. The fraction of sp³-hybridized carbons (Fsp3) is 0. The van der Waals surface area contributed by atoms with Crippen molar-refractivity contribution < 1.29 is 18.3 Å². The molecule has 10 aromatic carbocycles. The molecule has 58 heavy (non-hydrogen) atoms. The van der Waals surface area contributed by atoms with E-state index in [9.17, 15) is 8.78 Å². The summed E-state index contributed by atoms with van der Waals surface area (Å²) in [6.45, 7) is 0. The number of benzene rings is 10. The normalized spacial score (nSPS) is 11.3. The van der Waals surface area contributed by atoms with Crippen molar-refractivity contribution in [3.05, 3.63) is 218 Å². The molecule has 278 valence electrons. The molecule has 0 aliphatic carbocycles. The first-order valence-electron chi connectivity index (χ1n) is 19.1. The average molecular weight is 757 g/mol. The first kappa shape index (κ1) is 34.8. The van der Waals surface area contributed by atoms with Crippen LogP contribution in [0.25, 0.3) is 32.3 Å². The van der Waals surface area contributed by atoms with Gasteiger partial charge in [-0.1, -0.05) is 121 Å². The summed E-state index contributed by atoms with van der Waals surface area (Å²) in [6, 6.07) is 65.9. The molecule has 10 aromatic rings. The number of ether oxygens (including phenoxy) is 2. The van der Waals surface area contributed by atoms with Crippen molar-refractivity contribution in [3.63, 3.8) is 0 Å². The van der Waals surface area contributed by atoms with Crippen LogP contribution >= 0.6 is 0 Å². The Kier molecular flexibility index (Phi) is 8.84. The maximum Gasteiger partial charge on any atom is 0.165 e. The van der Waals surface area contributed by atoms with Crippen molar-refractivity contribution in [2.24, 2.45) is 0 Å². The molecule has 0 atom stereocenters. The molecule has 0 saturated carbocycles. The van der Waals surface area contributed by atoms with E-state index in [2.05, 4.69) is 82.6 Å². The zero-order valence-corrected chi connectivity index (χ0v) is 31.1. The van der Waals surface area contributed by atoms with Gasteiger partial charge in [-0.15, -0.1) is 0 Å². The molecule has 0 aromatic heterocycles. The number of halogens is 2. The van der Waals surface area contributed by atoms with Crippen LogP contribution < -0.4 is 19.3 Å². The highest BCUT2D eigenvalue weighted by Crippen LogP contribution is 2.50. The second kappa shape index (κ2) is 14.8. The molecule has 0 fully saturated rings. The molecule has 0 bridgehead atoms. The van der Waals surface area contributed by atoms with Gasteiger partial charge in [0.2, 0.25) is 0 Å². The summed E-state index contributed by atoms with van der Waals surface area (Å²) in [7, 11) is 0. The molecule has 0 amide bonds.